The van der Waals surface area contributed by atoms with Crippen molar-refractivity contribution in [2.24, 2.45) is 5.41 Å². The quantitative estimate of drug-likeness (QED) is 0.745. The molecule has 2 unspecified atom stereocenters. The van der Waals surface area contributed by atoms with Crippen molar-refractivity contribution in [2.45, 2.75) is 30.9 Å². The van der Waals surface area contributed by atoms with Crippen molar-refractivity contribution in [3.8, 4) is 0 Å². The summed E-state index contributed by atoms with van der Waals surface area (Å²) in [4.78, 5) is 14.4. The van der Waals surface area contributed by atoms with E-state index < -0.39 is 0 Å². The number of amides is 1. The molecule has 3 aliphatic heterocycles. The van der Waals surface area contributed by atoms with E-state index >= 15 is 0 Å². The van der Waals surface area contributed by atoms with E-state index in [-0.39, 0.29) is 5.25 Å². The summed E-state index contributed by atoms with van der Waals surface area (Å²) in [5, 5.41) is 3.72. The molecule has 0 aliphatic carbocycles. The van der Waals surface area contributed by atoms with E-state index in [9.17, 15) is 4.79 Å². The van der Waals surface area contributed by atoms with Crippen molar-refractivity contribution < 1.29 is 4.79 Å². The lowest BCUT2D eigenvalue weighted by molar-refractivity contribution is -0.129. The van der Waals surface area contributed by atoms with Crippen molar-refractivity contribution in [1.29, 1.82) is 0 Å². The van der Waals surface area contributed by atoms with Gasteiger partial charge in [0, 0.05) is 25.0 Å². The summed E-state index contributed by atoms with van der Waals surface area (Å²) >= 11 is 1.86. The third-order valence-electron chi connectivity index (χ3n) is 4.29. The van der Waals surface area contributed by atoms with Crippen LogP contribution in [0.15, 0.2) is 0 Å². The lowest BCUT2D eigenvalue weighted by atomic mass is 9.86. The molecule has 3 saturated heterocycles. The van der Waals surface area contributed by atoms with Crippen LogP contribution in [0.3, 0.4) is 0 Å². The molecule has 3 heterocycles. The molecule has 1 amide bonds. The second-order valence-corrected chi connectivity index (χ2v) is 6.75. The van der Waals surface area contributed by atoms with Crippen LogP contribution in [0.5, 0.6) is 0 Å². The Labute approximate surface area is 101 Å². The van der Waals surface area contributed by atoms with Crippen molar-refractivity contribution >= 4 is 17.7 Å². The molecule has 1 spiro atoms. The standard InChI is InChI=1S/C12H20N2OS/c15-11(10-2-1-7-16-10)14-6-4-12(9-14)3-5-13-8-12/h10,13H,1-9H2. The summed E-state index contributed by atoms with van der Waals surface area (Å²) in [5.74, 6) is 1.60. The fourth-order valence-corrected chi connectivity index (χ4v) is 4.49. The highest BCUT2D eigenvalue weighted by molar-refractivity contribution is 8.00. The first kappa shape index (κ1) is 10.9. The van der Waals surface area contributed by atoms with Crippen molar-refractivity contribution in [2.75, 3.05) is 31.9 Å². The first-order chi connectivity index (χ1) is 7.79. The van der Waals surface area contributed by atoms with Gasteiger partial charge in [0.25, 0.3) is 0 Å². The van der Waals surface area contributed by atoms with Crippen LogP contribution in [0.1, 0.15) is 25.7 Å². The van der Waals surface area contributed by atoms with Gasteiger partial charge in [-0.1, -0.05) is 0 Å². The van der Waals surface area contributed by atoms with Gasteiger partial charge in [-0.3, -0.25) is 4.79 Å². The molecular formula is C12H20N2OS. The highest BCUT2D eigenvalue weighted by Crippen LogP contribution is 2.38. The molecule has 1 N–H and O–H groups in total. The minimum absolute atomic E-state index is 0.282. The van der Waals surface area contributed by atoms with Gasteiger partial charge in [-0.05, 0) is 38.0 Å². The van der Waals surface area contributed by atoms with Crippen LogP contribution in [0.25, 0.3) is 0 Å². The largest absolute Gasteiger partial charge is 0.341 e. The summed E-state index contributed by atoms with van der Waals surface area (Å²) in [5.41, 5.74) is 0.429. The smallest absolute Gasteiger partial charge is 0.235 e. The Balaban J connectivity index is 1.62. The Morgan fingerprint density at radius 1 is 1.44 bits per heavy atom. The third-order valence-corrected chi connectivity index (χ3v) is 5.65. The average Bonchev–Trinajstić information content (AvgIpc) is 3.01. The molecule has 0 saturated carbocycles. The second kappa shape index (κ2) is 4.22. The zero-order valence-electron chi connectivity index (χ0n) is 9.71. The maximum absolute atomic E-state index is 12.3. The Morgan fingerprint density at radius 3 is 3.06 bits per heavy atom. The molecule has 0 aromatic rings. The molecule has 4 heteroatoms. The summed E-state index contributed by atoms with van der Waals surface area (Å²) in [6.07, 6.45) is 4.80. The van der Waals surface area contributed by atoms with Gasteiger partial charge in [0.05, 0.1) is 5.25 Å². The van der Waals surface area contributed by atoms with Crippen molar-refractivity contribution in [3.63, 3.8) is 0 Å². The number of hydrogen-bond donors (Lipinski definition) is 1. The molecule has 90 valence electrons. The Kier molecular flexibility index (Phi) is 2.88. The van der Waals surface area contributed by atoms with Crippen molar-refractivity contribution in [1.82, 2.24) is 10.2 Å². The molecule has 0 aromatic carbocycles. The number of carbonyl (C=O) groups excluding carboxylic acids is 1. The van der Waals surface area contributed by atoms with E-state index in [0.717, 1.165) is 32.6 Å². The predicted molar refractivity (Wildman–Crippen MR) is 66.6 cm³/mol. The molecule has 16 heavy (non-hydrogen) atoms. The number of nitrogens with zero attached hydrogens (tertiary/aromatic N) is 1. The number of hydrogen-bond acceptors (Lipinski definition) is 3. The summed E-state index contributed by atoms with van der Waals surface area (Å²) < 4.78 is 0. The van der Waals surface area contributed by atoms with Gasteiger partial charge in [0.2, 0.25) is 5.91 Å². The lowest BCUT2D eigenvalue weighted by Gasteiger charge is -2.24. The van der Waals surface area contributed by atoms with E-state index in [1.807, 2.05) is 11.8 Å². The zero-order chi connectivity index (χ0) is 11.0. The monoisotopic (exact) mass is 240 g/mol. The first-order valence-electron chi connectivity index (χ1n) is 6.40. The molecule has 3 fully saturated rings. The van der Waals surface area contributed by atoms with E-state index in [4.69, 9.17) is 0 Å². The van der Waals surface area contributed by atoms with Crippen LogP contribution in [0, 0.1) is 5.41 Å². The number of nitrogens with one attached hydrogen (secondary N) is 1. The molecule has 3 rings (SSSR count). The molecule has 0 radical (unpaired) electrons. The molecular weight excluding hydrogens is 220 g/mol. The highest BCUT2D eigenvalue weighted by atomic mass is 32.2. The van der Waals surface area contributed by atoms with Gasteiger partial charge in [0.1, 0.15) is 0 Å². The number of likely N-dealkylation sites (tertiary alicyclic amines) is 1. The minimum atomic E-state index is 0.282. The van der Waals surface area contributed by atoms with Crippen LogP contribution < -0.4 is 5.32 Å². The fourth-order valence-electron chi connectivity index (χ4n) is 3.24. The van der Waals surface area contributed by atoms with Gasteiger partial charge in [-0.15, -0.1) is 11.8 Å². The molecule has 0 bridgehead atoms. The summed E-state index contributed by atoms with van der Waals surface area (Å²) in [6.45, 7) is 4.27. The molecule has 3 aliphatic rings. The van der Waals surface area contributed by atoms with Gasteiger partial charge < -0.3 is 10.2 Å². The van der Waals surface area contributed by atoms with Crippen LogP contribution in [0.2, 0.25) is 0 Å². The van der Waals surface area contributed by atoms with E-state index in [1.54, 1.807) is 0 Å². The minimum Gasteiger partial charge on any atom is -0.341 e. The SMILES string of the molecule is O=C(C1CCCS1)N1CCC2(CCNC2)C1. The van der Waals surface area contributed by atoms with Crippen LogP contribution >= 0.6 is 11.8 Å². The Morgan fingerprint density at radius 2 is 2.38 bits per heavy atom. The average molecular weight is 240 g/mol. The van der Waals surface area contributed by atoms with Gasteiger partial charge in [-0.25, -0.2) is 0 Å². The summed E-state index contributed by atoms with van der Waals surface area (Å²) in [7, 11) is 0. The summed E-state index contributed by atoms with van der Waals surface area (Å²) in [6, 6.07) is 0. The second-order valence-electron chi connectivity index (χ2n) is 5.44. The molecule has 3 nitrogen and oxygen atoms in total. The van der Waals surface area contributed by atoms with Crippen LogP contribution in [-0.2, 0) is 4.79 Å². The van der Waals surface area contributed by atoms with Crippen LogP contribution in [-0.4, -0.2) is 48.0 Å². The Bertz CT molecular complexity index is 283. The van der Waals surface area contributed by atoms with Gasteiger partial charge in [-0.2, -0.15) is 0 Å². The molecule has 0 aromatic heterocycles. The maximum Gasteiger partial charge on any atom is 0.235 e. The van der Waals surface area contributed by atoms with E-state index in [1.165, 1.54) is 25.0 Å². The number of thioether (sulfide) groups is 1. The zero-order valence-corrected chi connectivity index (χ0v) is 10.5. The topological polar surface area (TPSA) is 32.3 Å². The highest BCUT2D eigenvalue weighted by Gasteiger charge is 2.43. The maximum atomic E-state index is 12.3. The first-order valence-corrected chi connectivity index (χ1v) is 7.45. The van der Waals surface area contributed by atoms with Gasteiger partial charge >= 0.3 is 0 Å². The fraction of sp³-hybridized carbons (Fsp3) is 0.917. The van der Waals surface area contributed by atoms with E-state index in [2.05, 4.69) is 10.2 Å². The number of carbonyl (C=O) groups is 1. The lowest BCUT2D eigenvalue weighted by Crippen LogP contribution is -2.37. The predicted octanol–water partition coefficient (Wildman–Crippen LogP) is 1.09. The van der Waals surface area contributed by atoms with Crippen LogP contribution in [0.4, 0.5) is 0 Å². The molecule has 2 atom stereocenters. The number of rotatable bonds is 1. The van der Waals surface area contributed by atoms with E-state index in [0.29, 0.717) is 11.3 Å². The van der Waals surface area contributed by atoms with Crippen molar-refractivity contribution in [3.05, 3.63) is 0 Å². The van der Waals surface area contributed by atoms with Gasteiger partial charge in [0.15, 0.2) is 0 Å². The third kappa shape index (κ3) is 1.86. The Hall–Kier alpha value is -0.220. The normalized spacial score (nSPS) is 38.8.